The van der Waals surface area contributed by atoms with E-state index >= 15 is 0 Å². The molecular weight excluding hydrogens is 1000 g/mol. The van der Waals surface area contributed by atoms with Crippen molar-refractivity contribution in [1.29, 1.82) is 0 Å². The zero-order chi connectivity index (χ0) is 57.6. The first-order valence-corrected chi connectivity index (χ1v) is 26.0. The first-order chi connectivity index (χ1) is 36.9. The molecule has 21 heteroatoms. The van der Waals surface area contributed by atoms with Crippen LogP contribution in [-0.2, 0) is 47.8 Å². The van der Waals surface area contributed by atoms with Crippen molar-refractivity contribution in [3.8, 4) is 0 Å². The number of benzene rings is 4. The van der Waals surface area contributed by atoms with Gasteiger partial charge in [-0.3, -0.25) is 38.5 Å². The van der Waals surface area contributed by atoms with Crippen LogP contribution in [0.15, 0.2) is 84.9 Å². The molecule has 0 bridgehead atoms. The molecule has 0 radical (unpaired) electrons. The van der Waals surface area contributed by atoms with Crippen molar-refractivity contribution in [2.75, 3.05) is 30.9 Å². The van der Waals surface area contributed by atoms with Crippen LogP contribution in [0.5, 0.6) is 0 Å². The molecule has 0 unspecified atom stereocenters. The Kier molecular flexibility index (Phi) is 20.9. The summed E-state index contributed by atoms with van der Waals surface area (Å²) in [6.07, 6.45) is -5.60. The number of amides is 7. The average molecular weight is 1080 g/mol. The van der Waals surface area contributed by atoms with Crippen LogP contribution < -0.4 is 21.3 Å². The average Bonchev–Trinajstić information content (AvgIpc) is 4.00. The zero-order valence-electron chi connectivity index (χ0n) is 46.0. The lowest BCUT2D eigenvalue weighted by atomic mass is 10.1. The van der Waals surface area contributed by atoms with Crippen molar-refractivity contribution in [3.05, 3.63) is 84.9 Å². The fourth-order valence-electron chi connectivity index (χ4n) is 9.07. The molecule has 4 heterocycles. The van der Waals surface area contributed by atoms with Crippen molar-refractivity contribution in [3.63, 3.8) is 0 Å². The summed E-state index contributed by atoms with van der Waals surface area (Å²) in [5.41, 5.74) is 0.683. The van der Waals surface area contributed by atoms with Gasteiger partial charge < -0.3 is 45.3 Å². The van der Waals surface area contributed by atoms with Crippen molar-refractivity contribution >= 4 is 80.7 Å². The Morgan fingerprint density at radius 2 is 1.10 bits per heavy atom. The summed E-state index contributed by atoms with van der Waals surface area (Å²) in [5.74, 6) is -1.95. The van der Waals surface area contributed by atoms with Gasteiger partial charge >= 0.3 is 12.3 Å². The van der Waals surface area contributed by atoms with Crippen LogP contribution in [0.1, 0.15) is 102 Å². The second-order valence-corrected chi connectivity index (χ2v) is 19.7. The monoisotopic (exact) mass is 1080 g/mol. The van der Waals surface area contributed by atoms with Crippen LogP contribution in [0, 0.1) is 5.92 Å². The lowest BCUT2D eigenvalue weighted by Crippen LogP contribution is -2.56. The summed E-state index contributed by atoms with van der Waals surface area (Å²) in [5, 5.41) is 15.5. The molecule has 4 aliphatic heterocycles. The third-order valence-corrected chi connectivity index (χ3v) is 13.4. The van der Waals surface area contributed by atoms with E-state index in [0.29, 0.717) is 50.8 Å². The first-order valence-electron chi connectivity index (χ1n) is 26.5. The number of fused-ring (bicyclic) bond motifs is 4. The maximum Gasteiger partial charge on any atom is 0.446 e. The van der Waals surface area contributed by atoms with Gasteiger partial charge in [0.25, 0.3) is 0 Å². The number of hydrogen-bond acceptors (Lipinski definition) is 11. The summed E-state index contributed by atoms with van der Waals surface area (Å²) in [7, 11) is 1.47. The standard InChI is InChI=1S/C28H36N4O6.C24H29N3O4.C2HF3O.C2H6/c1-17(31(5)27(36)38-28(2,3)4)24(33)30-21-15-16-37-23-14-13-22(32(23)26(21)35)25(34)29-20-12-8-10-18-9-6-7-11-19(18)20;1-3-15(2)22(28)26-19-13-14-31-21-12-11-20(27(21)24(19)30)23(29)25-18-10-6-8-16-7-4-5-9-17(16)18;3-2(4,5)1-6;1-2/h6-12,17,21-23H,13-16H2,1-5H3,(H,29,34)(H,30,33);4-10,15,19-21H,3,11-14H2,1-2H3,(H,25,29)(H,26,28);1H;1-2H3/t17-,21-,22-,23-;15-,19+,20+,21+;;/m01../s1/i;;1D;. The van der Waals surface area contributed by atoms with Gasteiger partial charge in [0, 0.05) is 48.0 Å². The largest absolute Gasteiger partial charge is 0.446 e. The second-order valence-electron chi connectivity index (χ2n) is 19.7. The van der Waals surface area contributed by atoms with E-state index in [1.165, 1.54) is 21.7 Å². The van der Waals surface area contributed by atoms with E-state index in [2.05, 4.69) is 21.3 Å². The Morgan fingerprint density at radius 1 is 0.701 bits per heavy atom. The summed E-state index contributed by atoms with van der Waals surface area (Å²) < 4.78 is 54.5. The highest BCUT2D eigenvalue weighted by atomic mass is 19.4. The quantitative estimate of drug-likeness (QED) is 0.111. The third kappa shape index (κ3) is 16.0. The van der Waals surface area contributed by atoms with Crippen LogP contribution in [-0.4, -0.2) is 137 Å². The van der Waals surface area contributed by atoms with E-state index in [-0.39, 0.29) is 48.5 Å². The van der Waals surface area contributed by atoms with Gasteiger partial charge in [-0.05, 0) is 82.7 Å². The molecule has 8 atom stereocenters. The van der Waals surface area contributed by atoms with Crippen molar-refractivity contribution < 1.29 is 67.1 Å². The topological polar surface area (TPSA) is 222 Å². The number of nitrogens with zero attached hydrogens (tertiary/aromatic N) is 3. The number of ether oxygens (including phenoxy) is 3. The van der Waals surface area contributed by atoms with E-state index in [4.69, 9.17) is 20.4 Å². The molecule has 7 amide bonds. The highest BCUT2D eigenvalue weighted by Crippen LogP contribution is 2.33. The number of halogens is 3. The zero-order valence-corrected chi connectivity index (χ0v) is 45.0. The number of rotatable bonds is 10. The van der Waals surface area contributed by atoms with Crippen molar-refractivity contribution in [2.24, 2.45) is 5.92 Å². The van der Waals surface area contributed by atoms with Crippen LogP contribution in [0.4, 0.5) is 29.3 Å². The minimum atomic E-state index is -4.97. The van der Waals surface area contributed by atoms with Crippen LogP contribution in [0.25, 0.3) is 21.5 Å². The van der Waals surface area contributed by atoms with E-state index < -0.39 is 72.7 Å². The van der Waals surface area contributed by atoms with E-state index in [1.54, 1.807) is 27.7 Å². The molecule has 18 nitrogen and oxygen atoms in total. The predicted octanol–water partition coefficient (Wildman–Crippen LogP) is 8.08. The number of hydrogen-bond donors (Lipinski definition) is 4. The van der Waals surface area contributed by atoms with E-state index in [9.17, 15) is 46.7 Å². The molecule has 0 aliphatic carbocycles. The third-order valence-electron chi connectivity index (χ3n) is 13.4. The van der Waals surface area contributed by atoms with Gasteiger partial charge in [0.05, 0.1) is 13.2 Å². The van der Waals surface area contributed by atoms with E-state index in [1.807, 2.05) is 113 Å². The second kappa shape index (κ2) is 27.3. The number of likely N-dealkylation sites (N-methyl/N-ethyl adjacent to an activating group) is 1. The minimum absolute atomic E-state index is 0.143. The molecule has 418 valence electrons. The Morgan fingerprint density at radius 3 is 1.51 bits per heavy atom. The Balaban J connectivity index is 0.000000252. The Labute approximate surface area is 448 Å². The van der Waals surface area contributed by atoms with Crippen molar-refractivity contribution in [1.82, 2.24) is 25.3 Å². The minimum Gasteiger partial charge on any atom is -0.444 e. The van der Waals surface area contributed by atoms with Gasteiger partial charge in [-0.2, -0.15) is 13.2 Å². The SMILES string of the molecule is CC.CC[C@@H](C)C(=O)N[C@H]1CCO[C@H]2CC[C@@H](C(=O)Nc3cccc4ccccc34)N2C1=O.C[C@@H](C(=O)N[C@H]1CCO[C@H]2CC[C@@H](C(=O)Nc3cccc4ccccc34)N2C1=O)N(C)C(=O)OC(C)(C)C.[2H]C(=O)C(F)(F)F. The summed E-state index contributed by atoms with van der Waals surface area (Å²) in [6.45, 7) is 15.2. The number of carbonyl (C=O) groups is 8. The summed E-state index contributed by atoms with van der Waals surface area (Å²) in [4.78, 5) is 104. The Bertz CT molecular complexity index is 2780. The molecular formula is C56H72F3N7O11. The normalized spacial score (nSPS) is 21.9. The van der Waals surface area contributed by atoms with Gasteiger partial charge in [-0.25, -0.2) is 4.79 Å². The van der Waals surface area contributed by atoms with Crippen LogP contribution >= 0.6 is 0 Å². The number of anilines is 2. The van der Waals surface area contributed by atoms with Gasteiger partial charge in [0.1, 0.15) is 49.6 Å². The molecule has 0 saturated carbocycles. The van der Waals surface area contributed by atoms with Gasteiger partial charge in [0.15, 0.2) is 0 Å². The smallest absolute Gasteiger partial charge is 0.444 e. The van der Waals surface area contributed by atoms with Crippen LogP contribution in [0.3, 0.4) is 0 Å². The molecule has 4 aromatic rings. The number of nitrogens with one attached hydrogen (secondary N) is 4. The maximum atomic E-state index is 13.6. The number of carbonyl (C=O) groups excluding carboxylic acids is 8. The van der Waals surface area contributed by atoms with Gasteiger partial charge in [-0.15, -0.1) is 0 Å². The fourth-order valence-corrected chi connectivity index (χ4v) is 9.07. The lowest BCUT2D eigenvalue weighted by molar-refractivity contribution is -0.156. The first kappa shape index (κ1) is 59.1. The molecule has 8 rings (SSSR count). The maximum absolute atomic E-state index is 13.6. The molecule has 4 fully saturated rings. The molecule has 0 spiro atoms. The van der Waals surface area contributed by atoms with Gasteiger partial charge in [-0.1, -0.05) is 100 Å². The molecule has 4 saturated heterocycles. The van der Waals surface area contributed by atoms with Crippen molar-refractivity contribution in [2.45, 2.75) is 155 Å². The molecule has 77 heavy (non-hydrogen) atoms. The number of aldehydes is 1. The van der Waals surface area contributed by atoms with E-state index in [0.717, 1.165) is 27.2 Å². The molecule has 4 aromatic carbocycles. The van der Waals surface area contributed by atoms with Gasteiger partial charge in [0.2, 0.25) is 41.7 Å². The summed E-state index contributed by atoms with van der Waals surface area (Å²) >= 11 is 0. The number of alkyl halides is 3. The highest BCUT2D eigenvalue weighted by Gasteiger charge is 2.47. The predicted molar refractivity (Wildman–Crippen MR) is 284 cm³/mol. The molecule has 4 N–H and O–H groups in total. The fraction of sp³-hybridized carbons (Fsp3) is 0.500. The Hall–Kier alpha value is -7.13. The highest BCUT2D eigenvalue weighted by molar-refractivity contribution is 6.06. The van der Waals surface area contributed by atoms with Crippen LogP contribution in [0.2, 0.25) is 0 Å². The lowest BCUT2D eigenvalue weighted by Gasteiger charge is -2.31. The molecule has 0 aromatic heterocycles. The summed E-state index contributed by atoms with van der Waals surface area (Å²) in [6, 6.07) is 23.2. The molecule has 4 aliphatic rings.